The molecule has 1 atom stereocenters. The zero-order valence-corrected chi connectivity index (χ0v) is 7.82. The Kier molecular flexibility index (Phi) is 1.69. The van der Waals surface area contributed by atoms with E-state index in [1.54, 1.807) is 18.2 Å². The fourth-order valence-electron chi connectivity index (χ4n) is 1.41. The SMILES string of the molecule is CN1[C@@H](O)c2ccccc2S1(=O)=O. The second kappa shape index (κ2) is 2.54. The molecular weight excluding hydrogens is 190 g/mol. The maximum Gasteiger partial charge on any atom is 0.245 e. The van der Waals surface area contributed by atoms with Crippen LogP contribution in [0.1, 0.15) is 11.8 Å². The van der Waals surface area contributed by atoms with Crippen LogP contribution >= 0.6 is 0 Å². The summed E-state index contributed by atoms with van der Waals surface area (Å²) in [6.07, 6.45) is -1.04. The Labute approximate surface area is 76.5 Å². The Morgan fingerprint density at radius 2 is 2.00 bits per heavy atom. The van der Waals surface area contributed by atoms with Gasteiger partial charge >= 0.3 is 0 Å². The van der Waals surface area contributed by atoms with Gasteiger partial charge in [0.2, 0.25) is 10.0 Å². The zero-order valence-electron chi connectivity index (χ0n) is 7.01. The molecule has 1 N–H and O–H groups in total. The molecule has 1 aliphatic heterocycles. The van der Waals surface area contributed by atoms with Gasteiger partial charge in [0.25, 0.3) is 0 Å². The number of rotatable bonds is 0. The smallest absolute Gasteiger partial charge is 0.245 e. The van der Waals surface area contributed by atoms with Crippen LogP contribution in [0, 0.1) is 0 Å². The summed E-state index contributed by atoms with van der Waals surface area (Å²) in [6, 6.07) is 6.46. The third-order valence-electron chi connectivity index (χ3n) is 2.20. The van der Waals surface area contributed by atoms with E-state index in [1.165, 1.54) is 13.1 Å². The first-order valence-electron chi connectivity index (χ1n) is 3.80. The lowest BCUT2D eigenvalue weighted by Gasteiger charge is -2.11. The van der Waals surface area contributed by atoms with Crippen molar-refractivity contribution in [1.29, 1.82) is 0 Å². The lowest BCUT2D eigenvalue weighted by molar-refractivity contribution is 0.0851. The summed E-state index contributed by atoms with van der Waals surface area (Å²) in [4.78, 5) is 0.199. The Morgan fingerprint density at radius 1 is 1.38 bits per heavy atom. The number of hydrogen-bond donors (Lipinski definition) is 1. The minimum absolute atomic E-state index is 0.199. The molecule has 1 heterocycles. The van der Waals surface area contributed by atoms with E-state index >= 15 is 0 Å². The van der Waals surface area contributed by atoms with Crippen LogP contribution in [0.5, 0.6) is 0 Å². The van der Waals surface area contributed by atoms with Crippen molar-refractivity contribution < 1.29 is 13.5 Å². The van der Waals surface area contributed by atoms with Gasteiger partial charge in [0.15, 0.2) is 0 Å². The van der Waals surface area contributed by atoms with Crippen molar-refractivity contribution in [2.24, 2.45) is 0 Å². The molecule has 1 aliphatic rings. The molecule has 13 heavy (non-hydrogen) atoms. The molecule has 0 radical (unpaired) electrons. The first kappa shape index (κ1) is 8.68. The minimum Gasteiger partial charge on any atom is -0.373 e. The standard InChI is InChI=1S/C8H9NO3S/c1-9-8(10)6-4-2-3-5-7(6)13(9,11)12/h2-5,8,10H,1H3/t8-/m0/s1. The molecule has 0 aromatic heterocycles. The molecule has 0 aliphatic carbocycles. The van der Waals surface area contributed by atoms with Crippen LogP contribution in [0.3, 0.4) is 0 Å². The predicted octanol–water partition coefficient (Wildman–Crippen LogP) is 0.312. The molecule has 2 rings (SSSR count). The Morgan fingerprint density at radius 3 is 2.62 bits per heavy atom. The number of benzene rings is 1. The van der Waals surface area contributed by atoms with Gasteiger partial charge in [0.1, 0.15) is 6.23 Å². The highest BCUT2D eigenvalue weighted by atomic mass is 32.2. The van der Waals surface area contributed by atoms with Crippen molar-refractivity contribution in [3.05, 3.63) is 29.8 Å². The number of nitrogens with zero attached hydrogens (tertiary/aromatic N) is 1. The van der Waals surface area contributed by atoms with Crippen LogP contribution in [-0.4, -0.2) is 24.9 Å². The first-order valence-corrected chi connectivity index (χ1v) is 5.24. The highest BCUT2D eigenvalue weighted by Gasteiger charge is 2.38. The van der Waals surface area contributed by atoms with E-state index < -0.39 is 16.3 Å². The van der Waals surface area contributed by atoms with E-state index in [1.807, 2.05) is 0 Å². The van der Waals surface area contributed by atoms with E-state index in [4.69, 9.17) is 0 Å². The third kappa shape index (κ3) is 1.01. The second-order valence-corrected chi connectivity index (χ2v) is 4.90. The molecule has 4 nitrogen and oxygen atoms in total. The highest BCUT2D eigenvalue weighted by Crippen LogP contribution is 2.35. The van der Waals surface area contributed by atoms with Gasteiger partial charge in [0, 0.05) is 12.6 Å². The van der Waals surface area contributed by atoms with Gasteiger partial charge in [-0.3, -0.25) is 0 Å². The molecule has 0 spiro atoms. The Bertz CT molecular complexity index is 440. The summed E-state index contributed by atoms with van der Waals surface area (Å²) in [7, 11) is -2.09. The largest absolute Gasteiger partial charge is 0.373 e. The van der Waals surface area contributed by atoms with Gasteiger partial charge in [-0.15, -0.1) is 0 Å². The van der Waals surface area contributed by atoms with Crippen LogP contribution in [0.2, 0.25) is 0 Å². The topological polar surface area (TPSA) is 57.6 Å². The van der Waals surface area contributed by atoms with Crippen molar-refractivity contribution in [3.8, 4) is 0 Å². The van der Waals surface area contributed by atoms with Gasteiger partial charge in [0.05, 0.1) is 4.90 Å². The predicted molar refractivity (Wildman–Crippen MR) is 46.4 cm³/mol. The molecule has 0 fully saturated rings. The fourth-order valence-corrected chi connectivity index (χ4v) is 2.82. The molecule has 0 saturated carbocycles. The van der Waals surface area contributed by atoms with Gasteiger partial charge in [-0.1, -0.05) is 18.2 Å². The molecule has 0 saturated heterocycles. The number of aliphatic hydroxyl groups is 1. The fraction of sp³-hybridized carbons (Fsp3) is 0.250. The Balaban J connectivity index is 2.76. The number of aliphatic hydroxyl groups excluding tert-OH is 1. The molecule has 0 unspecified atom stereocenters. The average molecular weight is 199 g/mol. The van der Waals surface area contributed by atoms with Gasteiger partial charge in [-0.2, -0.15) is 4.31 Å². The summed E-state index contributed by atoms with van der Waals surface area (Å²) in [5, 5.41) is 9.53. The maximum atomic E-state index is 11.6. The second-order valence-electron chi connectivity index (χ2n) is 2.93. The lowest BCUT2D eigenvalue weighted by Crippen LogP contribution is -2.23. The number of fused-ring (bicyclic) bond motifs is 1. The van der Waals surface area contributed by atoms with Gasteiger partial charge < -0.3 is 5.11 Å². The van der Waals surface area contributed by atoms with Crippen LogP contribution in [0.25, 0.3) is 0 Å². The quantitative estimate of drug-likeness (QED) is 0.654. The monoisotopic (exact) mass is 199 g/mol. The summed E-state index contributed by atoms with van der Waals surface area (Å²) in [6.45, 7) is 0. The number of sulfonamides is 1. The summed E-state index contributed by atoms with van der Waals surface area (Å²) < 4.78 is 24.1. The van der Waals surface area contributed by atoms with Gasteiger partial charge in [-0.05, 0) is 6.07 Å². The number of hydrogen-bond acceptors (Lipinski definition) is 3. The molecule has 70 valence electrons. The van der Waals surface area contributed by atoms with Crippen LogP contribution in [0.15, 0.2) is 29.2 Å². The molecule has 1 aromatic carbocycles. The normalized spacial score (nSPS) is 25.8. The summed E-state index contributed by atoms with van der Waals surface area (Å²) >= 11 is 0. The maximum absolute atomic E-state index is 11.6. The van der Waals surface area contributed by atoms with Crippen molar-refractivity contribution in [2.45, 2.75) is 11.1 Å². The molecule has 1 aromatic rings. The molecule has 0 amide bonds. The van der Waals surface area contributed by atoms with Crippen LogP contribution in [-0.2, 0) is 10.0 Å². The first-order chi connectivity index (χ1) is 6.05. The van der Waals surface area contributed by atoms with Crippen molar-refractivity contribution >= 4 is 10.0 Å². The van der Waals surface area contributed by atoms with Crippen molar-refractivity contribution in [2.75, 3.05) is 7.05 Å². The lowest BCUT2D eigenvalue weighted by atomic mass is 10.2. The van der Waals surface area contributed by atoms with E-state index in [2.05, 4.69) is 0 Å². The highest BCUT2D eigenvalue weighted by molar-refractivity contribution is 7.89. The van der Waals surface area contributed by atoms with Crippen molar-refractivity contribution in [1.82, 2.24) is 4.31 Å². The average Bonchev–Trinajstić information content (AvgIpc) is 2.30. The third-order valence-corrected chi connectivity index (χ3v) is 4.08. The van der Waals surface area contributed by atoms with Crippen molar-refractivity contribution in [3.63, 3.8) is 0 Å². The van der Waals surface area contributed by atoms with E-state index in [9.17, 15) is 13.5 Å². The summed E-state index contributed by atoms with van der Waals surface area (Å²) in [5.41, 5.74) is 0.449. The molecule has 0 bridgehead atoms. The summed E-state index contributed by atoms with van der Waals surface area (Å²) in [5.74, 6) is 0. The van der Waals surface area contributed by atoms with E-state index in [0.717, 1.165) is 4.31 Å². The Hall–Kier alpha value is -0.910. The molecule has 5 heteroatoms. The molecular formula is C8H9NO3S. The van der Waals surface area contributed by atoms with E-state index in [-0.39, 0.29) is 4.90 Å². The van der Waals surface area contributed by atoms with Crippen LogP contribution < -0.4 is 0 Å². The minimum atomic E-state index is -3.45. The van der Waals surface area contributed by atoms with Crippen LogP contribution in [0.4, 0.5) is 0 Å². The zero-order chi connectivity index (χ0) is 9.64. The van der Waals surface area contributed by atoms with E-state index in [0.29, 0.717) is 5.56 Å². The van der Waals surface area contributed by atoms with Gasteiger partial charge in [-0.25, -0.2) is 8.42 Å².